The number of carbonyl (C=O) groups excluding carboxylic acids is 1. The van der Waals surface area contributed by atoms with Gasteiger partial charge in [0.1, 0.15) is 12.4 Å². The van der Waals surface area contributed by atoms with Crippen LogP contribution in [0.3, 0.4) is 0 Å². The number of amides is 1. The van der Waals surface area contributed by atoms with Crippen LogP contribution in [0.5, 0.6) is 11.5 Å². The summed E-state index contributed by atoms with van der Waals surface area (Å²) in [6, 6.07) is 11.2. The van der Waals surface area contributed by atoms with E-state index in [1.54, 1.807) is 0 Å². The van der Waals surface area contributed by atoms with Crippen LogP contribution < -0.4 is 14.4 Å². The smallest absolute Gasteiger partial charge is 0.268 e. The first kappa shape index (κ1) is 21.7. The molecular weight excluding hydrogens is 425 g/mol. The lowest BCUT2D eigenvalue weighted by Gasteiger charge is -2.38. The predicted molar refractivity (Wildman–Crippen MR) is 115 cm³/mol. The van der Waals surface area contributed by atoms with Gasteiger partial charge in [0, 0.05) is 50.1 Å². The van der Waals surface area contributed by atoms with Crippen LogP contribution in [0.1, 0.15) is 10.4 Å². The van der Waals surface area contributed by atoms with Gasteiger partial charge >= 0.3 is 0 Å². The molecule has 2 aromatic rings. The molecule has 9 heteroatoms. The summed E-state index contributed by atoms with van der Waals surface area (Å²) in [6.45, 7) is 4.51. The van der Waals surface area contributed by atoms with Gasteiger partial charge in [-0.05, 0) is 36.4 Å². The van der Waals surface area contributed by atoms with Crippen molar-refractivity contribution in [2.75, 3.05) is 57.4 Å². The quantitative estimate of drug-likeness (QED) is 0.683. The van der Waals surface area contributed by atoms with E-state index < -0.39 is 0 Å². The van der Waals surface area contributed by atoms with Crippen LogP contribution in [0.4, 0.5) is 10.1 Å². The van der Waals surface area contributed by atoms with E-state index in [4.69, 9.17) is 21.3 Å². The van der Waals surface area contributed by atoms with E-state index in [1.807, 2.05) is 18.2 Å². The largest absolute Gasteiger partial charge is 0.484 e. The minimum Gasteiger partial charge on any atom is -0.484 e. The molecule has 0 aliphatic carbocycles. The van der Waals surface area contributed by atoms with E-state index in [9.17, 15) is 14.3 Å². The topological polar surface area (TPSA) is 65.5 Å². The molecule has 2 heterocycles. The zero-order valence-electron chi connectivity index (χ0n) is 17.0. The van der Waals surface area contributed by atoms with E-state index in [-0.39, 0.29) is 24.4 Å². The van der Waals surface area contributed by atoms with Crippen LogP contribution in [0.15, 0.2) is 42.5 Å². The van der Waals surface area contributed by atoms with Gasteiger partial charge in [-0.2, -0.15) is 0 Å². The van der Waals surface area contributed by atoms with Gasteiger partial charge < -0.3 is 19.5 Å². The Bertz CT molecular complexity index is 906. The van der Waals surface area contributed by atoms with Gasteiger partial charge in [-0.3, -0.25) is 9.69 Å². The fourth-order valence-electron chi connectivity index (χ4n) is 3.75. The first-order valence-corrected chi connectivity index (χ1v) is 10.6. The number of carbonyl (C=O) groups is 1. The molecule has 4 rings (SSSR count). The molecule has 1 unspecified atom stereocenters. The van der Waals surface area contributed by atoms with E-state index in [0.29, 0.717) is 31.0 Å². The lowest BCUT2D eigenvalue weighted by molar-refractivity contribution is 0.0458. The van der Waals surface area contributed by atoms with Gasteiger partial charge in [0.05, 0.1) is 18.8 Å². The number of fused-ring (bicyclic) bond motifs is 1. The number of halogens is 2. The Morgan fingerprint density at radius 3 is 2.61 bits per heavy atom. The molecule has 166 valence electrons. The van der Waals surface area contributed by atoms with Gasteiger partial charge in [-0.25, -0.2) is 8.81 Å². The van der Waals surface area contributed by atoms with Crippen molar-refractivity contribution in [3.8, 4) is 11.5 Å². The maximum atomic E-state index is 13.0. The molecule has 2 aliphatic heterocycles. The van der Waals surface area contributed by atoms with Crippen molar-refractivity contribution in [2.45, 2.75) is 6.10 Å². The SMILES string of the molecule is O=C(c1ccc(F)cc1)N(Cl)CCN1CCN(c2cccc3c2OCC(CO)O3)CC1. The molecule has 0 saturated carbocycles. The number of ether oxygens (including phenoxy) is 2. The second kappa shape index (κ2) is 9.72. The monoisotopic (exact) mass is 449 g/mol. The Morgan fingerprint density at radius 2 is 1.90 bits per heavy atom. The van der Waals surface area contributed by atoms with E-state index in [1.165, 1.54) is 24.3 Å². The van der Waals surface area contributed by atoms with Gasteiger partial charge in [-0.1, -0.05) is 6.07 Å². The number of hydrogen-bond donors (Lipinski definition) is 1. The first-order valence-electron chi connectivity index (χ1n) is 10.3. The molecule has 1 amide bonds. The summed E-state index contributed by atoms with van der Waals surface area (Å²) in [5.41, 5.74) is 1.35. The fourth-order valence-corrected chi connectivity index (χ4v) is 3.92. The Hall–Kier alpha value is -2.55. The average Bonchev–Trinajstić information content (AvgIpc) is 2.82. The Balaban J connectivity index is 1.29. The summed E-state index contributed by atoms with van der Waals surface area (Å²) >= 11 is 6.16. The van der Waals surface area contributed by atoms with Crippen molar-refractivity contribution >= 4 is 23.4 Å². The van der Waals surface area contributed by atoms with Crippen molar-refractivity contribution in [3.63, 3.8) is 0 Å². The van der Waals surface area contributed by atoms with Crippen LogP contribution in [0.25, 0.3) is 0 Å². The molecule has 0 bridgehead atoms. The summed E-state index contributed by atoms with van der Waals surface area (Å²) in [5.74, 6) is 0.648. The zero-order chi connectivity index (χ0) is 21.8. The molecular formula is C22H25ClFN3O4. The molecule has 1 atom stereocenters. The lowest BCUT2D eigenvalue weighted by atomic mass is 10.2. The number of aliphatic hydroxyl groups excluding tert-OH is 1. The summed E-state index contributed by atoms with van der Waals surface area (Å²) in [4.78, 5) is 16.8. The Morgan fingerprint density at radius 1 is 1.16 bits per heavy atom. The molecule has 0 radical (unpaired) electrons. The highest BCUT2D eigenvalue weighted by molar-refractivity contribution is 6.24. The molecule has 31 heavy (non-hydrogen) atoms. The van der Waals surface area contributed by atoms with Crippen LogP contribution in [-0.2, 0) is 0 Å². The zero-order valence-corrected chi connectivity index (χ0v) is 17.8. The molecule has 0 spiro atoms. The molecule has 1 saturated heterocycles. The fraction of sp³-hybridized carbons (Fsp3) is 0.409. The van der Waals surface area contributed by atoms with Crippen molar-refractivity contribution < 1.29 is 23.8 Å². The highest BCUT2D eigenvalue weighted by Gasteiger charge is 2.27. The summed E-state index contributed by atoms with van der Waals surface area (Å²) in [5, 5.41) is 9.29. The number of anilines is 1. The molecule has 2 aromatic carbocycles. The third kappa shape index (κ3) is 5.03. The van der Waals surface area contributed by atoms with E-state index >= 15 is 0 Å². The van der Waals surface area contributed by atoms with Crippen LogP contribution in [-0.4, -0.2) is 78.9 Å². The minimum atomic E-state index is -0.389. The molecule has 1 N–H and O–H groups in total. The summed E-state index contributed by atoms with van der Waals surface area (Å²) < 4.78 is 25.8. The normalized spacial score (nSPS) is 18.7. The predicted octanol–water partition coefficient (Wildman–Crippen LogP) is 2.38. The number of nitrogens with zero attached hydrogens (tertiary/aromatic N) is 3. The van der Waals surface area contributed by atoms with Gasteiger partial charge in [0.2, 0.25) is 0 Å². The molecule has 0 aromatic heterocycles. The molecule has 2 aliphatic rings. The average molecular weight is 450 g/mol. The number of para-hydroxylation sites is 1. The first-order chi connectivity index (χ1) is 15.0. The number of rotatable bonds is 6. The van der Waals surface area contributed by atoms with Crippen molar-refractivity contribution in [2.24, 2.45) is 0 Å². The summed E-state index contributed by atoms with van der Waals surface area (Å²) in [7, 11) is 0. The Labute approximate surface area is 185 Å². The van der Waals surface area contributed by atoms with Crippen LogP contribution >= 0.6 is 11.8 Å². The number of aliphatic hydroxyl groups is 1. The van der Waals surface area contributed by atoms with Crippen molar-refractivity contribution in [1.82, 2.24) is 9.32 Å². The lowest BCUT2D eigenvalue weighted by Crippen LogP contribution is -2.48. The minimum absolute atomic E-state index is 0.0798. The van der Waals surface area contributed by atoms with Crippen molar-refractivity contribution in [3.05, 3.63) is 53.8 Å². The standard InChI is InChI=1S/C22H25ClFN3O4/c23-27(22(29)16-4-6-17(24)7-5-16)13-10-25-8-11-26(12-9-25)19-2-1-3-20-21(19)30-15-18(14-28)31-20/h1-7,18,28H,8-15H2. The maximum Gasteiger partial charge on any atom is 0.268 e. The highest BCUT2D eigenvalue weighted by Crippen LogP contribution is 2.40. The number of hydrogen-bond acceptors (Lipinski definition) is 6. The Kier molecular flexibility index (Phi) is 6.80. The van der Waals surface area contributed by atoms with E-state index in [0.717, 1.165) is 42.0 Å². The summed E-state index contributed by atoms with van der Waals surface area (Å²) in [6.07, 6.45) is -0.337. The van der Waals surface area contributed by atoms with E-state index in [2.05, 4.69) is 9.80 Å². The second-order valence-corrected chi connectivity index (χ2v) is 7.97. The van der Waals surface area contributed by atoms with Gasteiger partial charge in [0.25, 0.3) is 5.91 Å². The second-order valence-electron chi connectivity index (χ2n) is 7.56. The maximum absolute atomic E-state index is 13.0. The van der Waals surface area contributed by atoms with Gasteiger partial charge in [-0.15, -0.1) is 0 Å². The third-order valence-corrected chi connectivity index (χ3v) is 5.83. The van der Waals surface area contributed by atoms with Gasteiger partial charge in [0.15, 0.2) is 17.6 Å². The van der Waals surface area contributed by atoms with Crippen LogP contribution in [0, 0.1) is 5.82 Å². The van der Waals surface area contributed by atoms with Crippen molar-refractivity contribution in [1.29, 1.82) is 0 Å². The number of benzene rings is 2. The highest BCUT2D eigenvalue weighted by atomic mass is 35.5. The third-order valence-electron chi connectivity index (χ3n) is 5.51. The molecule has 7 nitrogen and oxygen atoms in total. The van der Waals surface area contributed by atoms with Crippen LogP contribution in [0.2, 0.25) is 0 Å². The number of piperazine rings is 1. The molecule has 1 fully saturated rings.